The second-order valence-electron chi connectivity index (χ2n) is 5.35. The van der Waals surface area contributed by atoms with Crippen LogP contribution in [-0.4, -0.2) is 19.6 Å². The highest BCUT2D eigenvalue weighted by molar-refractivity contribution is 7.55. The highest BCUT2D eigenvalue weighted by Crippen LogP contribution is 2.37. The molecule has 6 nitrogen and oxygen atoms in total. The molecular formula is C18H17N2O4P. The molecule has 0 aliphatic rings. The Hall–Kier alpha value is -2.66. The Morgan fingerprint density at radius 3 is 2.32 bits per heavy atom. The van der Waals surface area contributed by atoms with Gasteiger partial charge in [-0.05, 0) is 23.8 Å². The molecular weight excluding hydrogens is 339 g/mol. The lowest BCUT2D eigenvalue weighted by molar-refractivity contribution is 0.291. The van der Waals surface area contributed by atoms with Gasteiger partial charge in [0.25, 0.3) is 0 Å². The molecule has 0 amide bonds. The number of hydrogen-bond donors (Lipinski definition) is 2. The summed E-state index contributed by atoms with van der Waals surface area (Å²) in [7, 11) is -4.26. The molecule has 0 spiro atoms. The fourth-order valence-corrected chi connectivity index (χ4v) is 2.57. The minimum Gasteiger partial charge on any atom is -0.471 e. The molecule has 0 unspecified atom stereocenters. The van der Waals surface area contributed by atoms with E-state index in [-0.39, 0.29) is 0 Å². The van der Waals surface area contributed by atoms with Crippen molar-refractivity contribution in [1.82, 2.24) is 9.78 Å². The van der Waals surface area contributed by atoms with Gasteiger partial charge in [0.15, 0.2) is 0 Å². The summed E-state index contributed by atoms with van der Waals surface area (Å²) >= 11 is 0. The number of ether oxygens (including phenoxy) is 1. The zero-order chi connectivity index (χ0) is 17.7. The predicted molar refractivity (Wildman–Crippen MR) is 95.4 cm³/mol. The van der Waals surface area contributed by atoms with E-state index in [1.165, 1.54) is 6.08 Å². The van der Waals surface area contributed by atoms with Gasteiger partial charge in [0.1, 0.15) is 6.61 Å². The SMILES string of the molecule is O=P(O)(O)/C=C/c1cn(-c2ccccc2)nc1OCc1ccccc1. The minimum atomic E-state index is -4.26. The molecule has 0 saturated carbocycles. The molecule has 2 aromatic carbocycles. The lowest BCUT2D eigenvalue weighted by Gasteiger charge is -2.04. The third kappa shape index (κ3) is 4.90. The number of nitrogens with zero attached hydrogens (tertiary/aromatic N) is 2. The number of aromatic nitrogens is 2. The van der Waals surface area contributed by atoms with E-state index >= 15 is 0 Å². The van der Waals surface area contributed by atoms with Crippen LogP contribution in [0.15, 0.2) is 72.7 Å². The summed E-state index contributed by atoms with van der Waals surface area (Å²) in [6.07, 6.45) is 3.00. The molecule has 0 aliphatic heterocycles. The van der Waals surface area contributed by atoms with Crippen molar-refractivity contribution >= 4 is 13.7 Å². The van der Waals surface area contributed by atoms with E-state index in [1.54, 1.807) is 10.9 Å². The Morgan fingerprint density at radius 1 is 1.04 bits per heavy atom. The quantitative estimate of drug-likeness (QED) is 0.659. The van der Waals surface area contributed by atoms with Gasteiger partial charge in [-0.2, -0.15) is 0 Å². The monoisotopic (exact) mass is 356 g/mol. The molecule has 0 atom stereocenters. The van der Waals surface area contributed by atoms with E-state index in [0.29, 0.717) is 18.1 Å². The van der Waals surface area contributed by atoms with E-state index < -0.39 is 7.60 Å². The minimum absolute atomic E-state index is 0.303. The number of rotatable bonds is 6. The van der Waals surface area contributed by atoms with E-state index in [1.807, 2.05) is 60.7 Å². The second-order valence-corrected chi connectivity index (χ2v) is 6.83. The van der Waals surface area contributed by atoms with Crippen LogP contribution in [0, 0.1) is 0 Å². The van der Waals surface area contributed by atoms with Crippen molar-refractivity contribution < 1.29 is 19.1 Å². The van der Waals surface area contributed by atoms with E-state index in [9.17, 15) is 4.57 Å². The van der Waals surface area contributed by atoms with Crippen LogP contribution in [-0.2, 0) is 11.2 Å². The van der Waals surface area contributed by atoms with Crippen molar-refractivity contribution in [3.05, 3.63) is 83.8 Å². The zero-order valence-corrected chi connectivity index (χ0v) is 14.2. The first-order valence-corrected chi connectivity index (χ1v) is 9.26. The molecule has 1 aromatic heterocycles. The maximum absolute atomic E-state index is 11.1. The molecule has 7 heteroatoms. The second kappa shape index (κ2) is 7.49. The van der Waals surface area contributed by atoms with Crippen LogP contribution in [0.25, 0.3) is 11.8 Å². The highest BCUT2D eigenvalue weighted by Gasteiger charge is 2.12. The topological polar surface area (TPSA) is 84.6 Å². The Labute approximate surface area is 145 Å². The number of hydrogen-bond acceptors (Lipinski definition) is 3. The van der Waals surface area contributed by atoms with Gasteiger partial charge >= 0.3 is 7.60 Å². The van der Waals surface area contributed by atoms with E-state index in [4.69, 9.17) is 14.5 Å². The maximum atomic E-state index is 11.1. The molecule has 2 N–H and O–H groups in total. The van der Waals surface area contributed by atoms with Crippen molar-refractivity contribution in [3.8, 4) is 11.6 Å². The molecule has 0 aliphatic carbocycles. The van der Waals surface area contributed by atoms with Crippen molar-refractivity contribution in [1.29, 1.82) is 0 Å². The van der Waals surface area contributed by atoms with Crippen molar-refractivity contribution in [2.24, 2.45) is 0 Å². The lowest BCUT2D eigenvalue weighted by Crippen LogP contribution is -1.98. The van der Waals surface area contributed by atoms with Crippen molar-refractivity contribution in [2.75, 3.05) is 0 Å². The third-order valence-corrected chi connectivity index (χ3v) is 3.93. The standard InChI is InChI=1S/C18H17N2O4P/c21-25(22,23)12-11-16-13-20(17-9-5-2-6-10-17)19-18(16)24-14-15-7-3-1-4-8-15/h1-13H,14H2,(H2,21,22,23)/b12-11+. The molecule has 1 heterocycles. The molecule has 128 valence electrons. The Morgan fingerprint density at radius 2 is 1.68 bits per heavy atom. The average molecular weight is 356 g/mol. The Kier molecular flexibility index (Phi) is 5.14. The molecule has 3 rings (SSSR count). The van der Waals surface area contributed by atoms with Crippen LogP contribution in [0.5, 0.6) is 5.88 Å². The summed E-state index contributed by atoms with van der Waals surface area (Å²) in [5.41, 5.74) is 2.28. The molecule has 3 aromatic rings. The van der Waals surface area contributed by atoms with Gasteiger partial charge < -0.3 is 14.5 Å². The van der Waals surface area contributed by atoms with Crippen LogP contribution in [0.2, 0.25) is 0 Å². The van der Waals surface area contributed by atoms with E-state index in [0.717, 1.165) is 17.1 Å². The maximum Gasteiger partial charge on any atom is 0.349 e. The number of para-hydroxylation sites is 1. The van der Waals surface area contributed by atoms with Gasteiger partial charge in [-0.15, -0.1) is 5.10 Å². The summed E-state index contributed by atoms with van der Waals surface area (Å²) in [5.74, 6) is 1.15. The van der Waals surface area contributed by atoms with E-state index in [2.05, 4.69) is 5.10 Å². The zero-order valence-electron chi connectivity index (χ0n) is 13.3. The van der Waals surface area contributed by atoms with Crippen LogP contribution in [0.1, 0.15) is 11.1 Å². The summed E-state index contributed by atoms with van der Waals surface area (Å²) in [6, 6.07) is 19.0. The molecule has 0 radical (unpaired) electrons. The van der Waals surface area contributed by atoms with Crippen LogP contribution >= 0.6 is 7.60 Å². The predicted octanol–water partition coefficient (Wildman–Crippen LogP) is 3.60. The normalized spacial score (nSPS) is 11.8. The van der Waals surface area contributed by atoms with Crippen LogP contribution in [0.3, 0.4) is 0 Å². The third-order valence-electron chi connectivity index (χ3n) is 3.39. The Balaban J connectivity index is 1.89. The van der Waals surface area contributed by atoms with Gasteiger partial charge in [0, 0.05) is 12.0 Å². The smallest absolute Gasteiger partial charge is 0.349 e. The summed E-state index contributed by atoms with van der Waals surface area (Å²) in [6.45, 7) is 0.309. The van der Waals surface area contributed by atoms with Crippen molar-refractivity contribution in [3.63, 3.8) is 0 Å². The fourth-order valence-electron chi connectivity index (χ4n) is 2.21. The molecule has 25 heavy (non-hydrogen) atoms. The van der Waals surface area contributed by atoms with Gasteiger partial charge in [-0.3, -0.25) is 4.57 Å². The van der Waals surface area contributed by atoms with Gasteiger partial charge in [-0.25, -0.2) is 4.68 Å². The number of benzene rings is 2. The Bertz CT molecular complexity index is 901. The molecule has 0 saturated heterocycles. The first-order valence-electron chi connectivity index (χ1n) is 7.57. The van der Waals surface area contributed by atoms with Crippen LogP contribution < -0.4 is 4.74 Å². The van der Waals surface area contributed by atoms with Crippen molar-refractivity contribution in [2.45, 2.75) is 6.61 Å². The first-order chi connectivity index (χ1) is 12.0. The molecule has 0 bridgehead atoms. The van der Waals surface area contributed by atoms with Gasteiger partial charge in [0.2, 0.25) is 5.88 Å². The fraction of sp³-hybridized carbons (Fsp3) is 0.0556. The average Bonchev–Trinajstić information content (AvgIpc) is 3.02. The van der Waals surface area contributed by atoms with Gasteiger partial charge in [-0.1, -0.05) is 48.5 Å². The summed E-state index contributed by atoms with van der Waals surface area (Å²) in [4.78, 5) is 18.1. The highest BCUT2D eigenvalue weighted by atomic mass is 31.2. The first kappa shape index (κ1) is 17.2. The summed E-state index contributed by atoms with van der Waals surface area (Å²) < 4.78 is 18.5. The lowest BCUT2D eigenvalue weighted by atomic mass is 10.2. The molecule has 0 fully saturated rings. The van der Waals surface area contributed by atoms with Crippen LogP contribution in [0.4, 0.5) is 0 Å². The summed E-state index contributed by atoms with van der Waals surface area (Å²) in [5, 5.41) is 4.39. The largest absolute Gasteiger partial charge is 0.471 e. The van der Waals surface area contributed by atoms with Gasteiger partial charge in [0.05, 0.1) is 11.3 Å².